The van der Waals surface area contributed by atoms with Crippen LogP contribution in [0.5, 0.6) is 0 Å². The third kappa shape index (κ3) is 1.30. The van der Waals surface area contributed by atoms with E-state index in [1.54, 1.807) is 0 Å². The van der Waals surface area contributed by atoms with E-state index in [4.69, 9.17) is 0 Å². The molecule has 0 amide bonds. The number of hydrogen-bond donors (Lipinski definition) is 1. The van der Waals surface area contributed by atoms with Gasteiger partial charge < -0.3 is 5.32 Å². The minimum absolute atomic E-state index is 0.185. The van der Waals surface area contributed by atoms with Gasteiger partial charge in [0.15, 0.2) is 5.78 Å². The Balaban J connectivity index is 2.32. The van der Waals surface area contributed by atoms with Crippen molar-refractivity contribution in [3.63, 3.8) is 0 Å². The molecule has 0 aromatic rings. The molecule has 1 N–H and O–H groups in total. The van der Waals surface area contributed by atoms with E-state index in [1.165, 1.54) is 0 Å². The number of nitrogens with one attached hydrogen (secondary N) is 1. The summed E-state index contributed by atoms with van der Waals surface area (Å²) in [6, 6.07) is 0.185. The molecule has 1 atom stereocenters. The fourth-order valence-electron chi connectivity index (χ4n) is 0.934. The first-order chi connectivity index (χ1) is 4.22. The monoisotopic (exact) mass is 127 g/mol. The van der Waals surface area contributed by atoms with Crippen LogP contribution in [0.1, 0.15) is 20.3 Å². The first kappa shape index (κ1) is 6.75. The average molecular weight is 127 g/mol. The quantitative estimate of drug-likeness (QED) is 0.587. The van der Waals surface area contributed by atoms with Crippen molar-refractivity contribution in [2.75, 3.05) is 6.54 Å². The predicted molar refractivity (Wildman–Crippen MR) is 36.3 cm³/mol. The Kier molecular flexibility index (Phi) is 1.86. The van der Waals surface area contributed by atoms with Crippen molar-refractivity contribution in [3.05, 3.63) is 0 Å². The molecule has 2 heteroatoms. The Morgan fingerprint density at radius 1 is 1.67 bits per heavy atom. The molecule has 1 fully saturated rings. The summed E-state index contributed by atoms with van der Waals surface area (Å²) >= 11 is 0. The van der Waals surface area contributed by atoms with Crippen LogP contribution in [0.4, 0.5) is 0 Å². The highest BCUT2D eigenvalue weighted by Gasteiger charge is 2.25. The zero-order chi connectivity index (χ0) is 6.85. The molecule has 1 unspecified atom stereocenters. The van der Waals surface area contributed by atoms with Gasteiger partial charge in [0.2, 0.25) is 0 Å². The van der Waals surface area contributed by atoms with E-state index < -0.39 is 0 Å². The van der Waals surface area contributed by atoms with Gasteiger partial charge in [-0.3, -0.25) is 4.79 Å². The zero-order valence-corrected chi connectivity index (χ0v) is 5.98. The minimum Gasteiger partial charge on any atom is -0.307 e. The average Bonchev–Trinajstić information content (AvgIpc) is 1.60. The van der Waals surface area contributed by atoms with Crippen LogP contribution >= 0.6 is 0 Å². The summed E-state index contributed by atoms with van der Waals surface area (Å²) in [7, 11) is 0. The summed E-state index contributed by atoms with van der Waals surface area (Å²) < 4.78 is 0. The van der Waals surface area contributed by atoms with Crippen LogP contribution in [-0.2, 0) is 4.79 Å². The summed E-state index contributed by atoms with van der Waals surface area (Å²) in [5, 5.41) is 3.08. The molecule has 0 radical (unpaired) electrons. The number of hydrogen-bond acceptors (Lipinski definition) is 2. The second-order valence-corrected chi connectivity index (χ2v) is 2.85. The van der Waals surface area contributed by atoms with Crippen LogP contribution < -0.4 is 5.32 Å². The summed E-state index contributed by atoms with van der Waals surface area (Å²) in [6.45, 7) is 4.91. The van der Waals surface area contributed by atoms with E-state index >= 15 is 0 Å². The Labute approximate surface area is 55.6 Å². The lowest BCUT2D eigenvalue weighted by atomic mass is 9.95. The fourth-order valence-corrected chi connectivity index (χ4v) is 0.934. The number of carbonyl (C=O) groups excluding carboxylic acids is 1. The molecule has 9 heavy (non-hydrogen) atoms. The SMILES string of the molecule is CC(C)C(=O)C1CCN1. The first-order valence-corrected chi connectivity index (χ1v) is 3.49. The van der Waals surface area contributed by atoms with Gasteiger partial charge in [0.25, 0.3) is 0 Å². The van der Waals surface area contributed by atoms with Crippen LogP contribution in [0.15, 0.2) is 0 Å². The Morgan fingerprint density at radius 3 is 2.33 bits per heavy atom. The van der Waals surface area contributed by atoms with Crippen LogP contribution in [-0.4, -0.2) is 18.4 Å². The topological polar surface area (TPSA) is 29.1 Å². The van der Waals surface area contributed by atoms with Crippen LogP contribution in [0.2, 0.25) is 0 Å². The van der Waals surface area contributed by atoms with Gasteiger partial charge in [0, 0.05) is 5.92 Å². The van der Waals surface area contributed by atoms with Crippen molar-refractivity contribution >= 4 is 5.78 Å². The van der Waals surface area contributed by atoms with Gasteiger partial charge in [-0.05, 0) is 13.0 Å². The van der Waals surface area contributed by atoms with E-state index in [-0.39, 0.29) is 12.0 Å². The predicted octanol–water partition coefficient (Wildman–Crippen LogP) is 0.573. The largest absolute Gasteiger partial charge is 0.307 e. The van der Waals surface area contributed by atoms with Crippen molar-refractivity contribution < 1.29 is 4.79 Å². The third-order valence-corrected chi connectivity index (χ3v) is 1.74. The first-order valence-electron chi connectivity index (χ1n) is 3.49. The van der Waals surface area contributed by atoms with Gasteiger partial charge >= 0.3 is 0 Å². The lowest BCUT2D eigenvalue weighted by Crippen LogP contribution is -2.49. The molecule has 0 bridgehead atoms. The number of ketones is 1. The summed E-state index contributed by atoms with van der Waals surface area (Å²) in [5.74, 6) is 0.559. The molecule has 1 aliphatic heterocycles. The minimum atomic E-state index is 0.185. The molecular weight excluding hydrogens is 114 g/mol. The maximum Gasteiger partial charge on any atom is 0.152 e. The second kappa shape index (κ2) is 2.48. The second-order valence-electron chi connectivity index (χ2n) is 2.85. The maximum absolute atomic E-state index is 11.1. The van der Waals surface area contributed by atoms with Crippen molar-refractivity contribution in [2.24, 2.45) is 5.92 Å². The van der Waals surface area contributed by atoms with Gasteiger partial charge in [-0.1, -0.05) is 13.8 Å². The van der Waals surface area contributed by atoms with E-state index in [2.05, 4.69) is 5.32 Å². The van der Waals surface area contributed by atoms with Gasteiger partial charge in [-0.25, -0.2) is 0 Å². The molecule has 1 heterocycles. The van der Waals surface area contributed by atoms with Gasteiger partial charge in [0.1, 0.15) is 0 Å². The summed E-state index contributed by atoms with van der Waals surface area (Å²) in [5.41, 5.74) is 0. The summed E-state index contributed by atoms with van der Waals surface area (Å²) in [4.78, 5) is 11.1. The van der Waals surface area contributed by atoms with Crippen molar-refractivity contribution in [2.45, 2.75) is 26.3 Å². The highest BCUT2D eigenvalue weighted by atomic mass is 16.1. The molecule has 2 nitrogen and oxygen atoms in total. The number of carbonyl (C=O) groups is 1. The molecular formula is C7H13NO. The molecule has 1 saturated heterocycles. The summed E-state index contributed by atoms with van der Waals surface area (Å²) in [6.07, 6.45) is 1.04. The van der Waals surface area contributed by atoms with Gasteiger partial charge in [-0.2, -0.15) is 0 Å². The molecule has 1 rings (SSSR count). The van der Waals surface area contributed by atoms with Crippen LogP contribution in [0.3, 0.4) is 0 Å². The standard InChI is InChI=1S/C7H13NO/c1-5(2)7(9)6-3-4-8-6/h5-6,8H,3-4H2,1-2H3. The van der Waals surface area contributed by atoms with Gasteiger partial charge in [-0.15, -0.1) is 0 Å². The number of Topliss-reactive ketones (excluding diaryl/α,β-unsaturated/α-hetero) is 1. The van der Waals surface area contributed by atoms with Crippen molar-refractivity contribution in [3.8, 4) is 0 Å². The number of rotatable bonds is 2. The highest BCUT2D eigenvalue weighted by molar-refractivity contribution is 5.86. The zero-order valence-electron chi connectivity index (χ0n) is 5.98. The maximum atomic E-state index is 11.1. The molecule has 0 aliphatic carbocycles. The molecule has 0 spiro atoms. The van der Waals surface area contributed by atoms with E-state index in [0.29, 0.717) is 5.78 Å². The van der Waals surface area contributed by atoms with Crippen LogP contribution in [0.25, 0.3) is 0 Å². The highest BCUT2D eigenvalue weighted by Crippen LogP contribution is 2.08. The lowest BCUT2D eigenvalue weighted by molar-refractivity contribution is -0.125. The third-order valence-electron chi connectivity index (χ3n) is 1.74. The smallest absolute Gasteiger partial charge is 0.152 e. The van der Waals surface area contributed by atoms with Crippen molar-refractivity contribution in [1.29, 1.82) is 0 Å². The van der Waals surface area contributed by atoms with E-state index in [0.717, 1.165) is 13.0 Å². The normalized spacial score (nSPS) is 25.9. The van der Waals surface area contributed by atoms with E-state index in [9.17, 15) is 4.79 Å². The molecule has 0 saturated carbocycles. The molecule has 1 aliphatic rings. The lowest BCUT2D eigenvalue weighted by Gasteiger charge is -2.27. The van der Waals surface area contributed by atoms with Crippen LogP contribution in [0, 0.1) is 5.92 Å². The fraction of sp³-hybridized carbons (Fsp3) is 0.857. The molecule has 52 valence electrons. The van der Waals surface area contributed by atoms with Gasteiger partial charge in [0.05, 0.1) is 6.04 Å². The Hall–Kier alpha value is -0.370. The Bertz CT molecular complexity index is 116. The molecule has 0 aromatic heterocycles. The van der Waals surface area contributed by atoms with E-state index in [1.807, 2.05) is 13.8 Å². The van der Waals surface area contributed by atoms with Crippen molar-refractivity contribution in [1.82, 2.24) is 5.32 Å². The Morgan fingerprint density at radius 2 is 2.22 bits per heavy atom. The molecule has 0 aromatic carbocycles.